The average molecular weight is 353 g/mol. The molecule has 0 aromatic carbocycles. The summed E-state index contributed by atoms with van der Waals surface area (Å²) in [6.45, 7) is 0. The number of hydrogen-bond donors (Lipinski definition) is 1. The third-order valence-electron chi connectivity index (χ3n) is 4.58. The number of fused-ring (bicyclic) bond motifs is 1. The maximum Gasteiger partial charge on any atom is 0.326 e. The Morgan fingerprint density at radius 2 is 2.10 bits per heavy atom. The van der Waals surface area contributed by atoms with Crippen LogP contribution in [0.5, 0.6) is 0 Å². The molecule has 1 aliphatic carbocycles. The van der Waals surface area contributed by atoms with Crippen LogP contribution in [0, 0.1) is 5.92 Å². The van der Waals surface area contributed by atoms with Gasteiger partial charge in [0.1, 0.15) is 10.6 Å². The first-order valence-electron chi connectivity index (χ1n) is 7.25. The number of pyridine rings is 1. The number of carboxylic acid groups (broad SMARTS) is 1. The van der Waals surface area contributed by atoms with Gasteiger partial charge in [0.2, 0.25) is 0 Å². The van der Waals surface area contributed by atoms with Crippen LogP contribution in [0.3, 0.4) is 0 Å². The second-order valence-electron chi connectivity index (χ2n) is 5.78. The highest BCUT2D eigenvalue weighted by Gasteiger charge is 2.47. The lowest BCUT2D eigenvalue weighted by Gasteiger charge is -2.33. The third kappa shape index (κ3) is 2.69. The molecule has 1 saturated heterocycles. The van der Waals surface area contributed by atoms with Crippen molar-refractivity contribution in [3.05, 3.63) is 28.5 Å². The molecule has 21 heavy (non-hydrogen) atoms. The summed E-state index contributed by atoms with van der Waals surface area (Å²) >= 11 is 3.25. The Morgan fingerprint density at radius 3 is 2.81 bits per heavy atom. The summed E-state index contributed by atoms with van der Waals surface area (Å²) in [5.41, 5.74) is 0.495. The summed E-state index contributed by atoms with van der Waals surface area (Å²) in [4.78, 5) is 29.9. The van der Waals surface area contributed by atoms with E-state index >= 15 is 0 Å². The highest BCUT2D eigenvalue weighted by atomic mass is 79.9. The normalized spacial score (nSPS) is 28.2. The molecule has 3 atom stereocenters. The highest BCUT2D eigenvalue weighted by molar-refractivity contribution is 9.10. The summed E-state index contributed by atoms with van der Waals surface area (Å²) in [5.74, 6) is -0.764. The molecule has 1 aromatic heterocycles. The number of amides is 1. The first-order valence-corrected chi connectivity index (χ1v) is 8.04. The molecule has 112 valence electrons. The molecule has 3 unspecified atom stereocenters. The van der Waals surface area contributed by atoms with Crippen molar-refractivity contribution in [2.75, 3.05) is 0 Å². The zero-order valence-electron chi connectivity index (χ0n) is 11.5. The van der Waals surface area contributed by atoms with E-state index in [2.05, 4.69) is 20.9 Å². The Labute approximate surface area is 131 Å². The van der Waals surface area contributed by atoms with Crippen molar-refractivity contribution in [2.24, 2.45) is 5.92 Å². The number of carboxylic acids is 1. The average Bonchev–Trinajstić information content (AvgIpc) is 2.86. The van der Waals surface area contributed by atoms with Crippen molar-refractivity contribution in [3.63, 3.8) is 0 Å². The van der Waals surface area contributed by atoms with Gasteiger partial charge in [-0.05, 0) is 53.2 Å². The second-order valence-corrected chi connectivity index (χ2v) is 6.59. The number of halogens is 1. The maximum atomic E-state index is 12.8. The van der Waals surface area contributed by atoms with Crippen molar-refractivity contribution in [2.45, 2.75) is 44.2 Å². The molecular formula is C15H17BrN2O3. The van der Waals surface area contributed by atoms with E-state index in [0.717, 1.165) is 25.7 Å². The van der Waals surface area contributed by atoms with Gasteiger partial charge in [-0.3, -0.25) is 4.79 Å². The van der Waals surface area contributed by atoms with Gasteiger partial charge in [-0.2, -0.15) is 0 Å². The van der Waals surface area contributed by atoms with Gasteiger partial charge < -0.3 is 10.0 Å². The van der Waals surface area contributed by atoms with Crippen molar-refractivity contribution >= 4 is 27.8 Å². The van der Waals surface area contributed by atoms with E-state index in [1.165, 1.54) is 0 Å². The van der Waals surface area contributed by atoms with E-state index in [0.29, 0.717) is 22.5 Å². The lowest BCUT2D eigenvalue weighted by Crippen LogP contribution is -2.46. The van der Waals surface area contributed by atoms with Crippen molar-refractivity contribution in [1.29, 1.82) is 0 Å². The minimum Gasteiger partial charge on any atom is -0.480 e. The molecule has 2 aliphatic rings. The molecule has 0 spiro atoms. The molecular weight excluding hydrogens is 336 g/mol. The molecule has 0 radical (unpaired) electrons. The molecule has 1 aliphatic heterocycles. The monoisotopic (exact) mass is 352 g/mol. The summed E-state index contributed by atoms with van der Waals surface area (Å²) < 4.78 is 0.583. The van der Waals surface area contributed by atoms with Crippen LogP contribution in [0.2, 0.25) is 0 Å². The molecule has 1 amide bonds. The Morgan fingerprint density at radius 1 is 1.33 bits per heavy atom. The van der Waals surface area contributed by atoms with Crippen LogP contribution >= 0.6 is 15.9 Å². The second kappa shape index (κ2) is 5.75. The van der Waals surface area contributed by atoms with Gasteiger partial charge in [-0.1, -0.05) is 12.8 Å². The zero-order chi connectivity index (χ0) is 15.0. The van der Waals surface area contributed by atoms with E-state index in [1.54, 1.807) is 23.2 Å². The van der Waals surface area contributed by atoms with Crippen molar-refractivity contribution in [1.82, 2.24) is 9.88 Å². The smallest absolute Gasteiger partial charge is 0.326 e. The van der Waals surface area contributed by atoms with E-state index in [1.807, 2.05) is 0 Å². The first-order chi connectivity index (χ1) is 10.1. The van der Waals surface area contributed by atoms with Crippen LogP contribution in [0.4, 0.5) is 0 Å². The quantitative estimate of drug-likeness (QED) is 0.830. The first kappa shape index (κ1) is 14.5. The molecule has 1 saturated carbocycles. The lowest BCUT2D eigenvalue weighted by atomic mass is 9.84. The van der Waals surface area contributed by atoms with E-state index in [9.17, 15) is 14.7 Å². The summed E-state index contributed by atoms with van der Waals surface area (Å²) in [7, 11) is 0. The molecule has 1 aromatic rings. The number of hydrogen-bond acceptors (Lipinski definition) is 3. The third-order valence-corrected chi connectivity index (χ3v) is 5.01. The van der Waals surface area contributed by atoms with Crippen LogP contribution in [0.25, 0.3) is 0 Å². The molecule has 1 N–H and O–H groups in total. The number of rotatable bonds is 2. The fraction of sp³-hybridized carbons (Fsp3) is 0.533. The lowest BCUT2D eigenvalue weighted by molar-refractivity contribution is -0.141. The number of aromatic nitrogens is 1. The molecule has 0 bridgehead atoms. The summed E-state index contributed by atoms with van der Waals surface area (Å²) in [6.07, 6.45) is 6.28. The van der Waals surface area contributed by atoms with Gasteiger partial charge in [-0.25, -0.2) is 9.78 Å². The number of likely N-dealkylation sites (tertiary alicyclic amines) is 1. The van der Waals surface area contributed by atoms with Crippen LogP contribution in [0.15, 0.2) is 22.9 Å². The Bertz CT molecular complexity index is 578. The summed E-state index contributed by atoms with van der Waals surface area (Å²) in [6, 6.07) is 2.66. The van der Waals surface area contributed by atoms with Crippen molar-refractivity contribution in [3.8, 4) is 0 Å². The van der Waals surface area contributed by atoms with Gasteiger partial charge in [0, 0.05) is 17.8 Å². The number of nitrogens with zero attached hydrogens (tertiary/aromatic N) is 2. The van der Waals surface area contributed by atoms with Crippen LogP contribution in [-0.2, 0) is 4.79 Å². The summed E-state index contributed by atoms with van der Waals surface area (Å²) in [5, 5.41) is 9.47. The fourth-order valence-corrected chi connectivity index (χ4v) is 4.02. The molecule has 5 nitrogen and oxygen atoms in total. The number of carbonyl (C=O) groups is 2. The van der Waals surface area contributed by atoms with Gasteiger partial charge in [-0.15, -0.1) is 0 Å². The van der Waals surface area contributed by atoms with E-state index < -0.39 is 12.0 Å². The largest absolute Gasteiger partial charge is 0.480 e. The molecule has 6 heteroatoms. The fourth-order valence-electron chi connectivity index (χ4n) is 3.66. The Hall–Kier alpha value is -1.43. The molecule has 2 heterocycles. The Balaban J connectivity index is 1.92. The minimum atomic E-state index is -0.897. The maximum absolute atomic E-state index is 12.8. The number of aliphatic carboxylic acids is 1. The van der Waals surface area contributed by atoms with Crippen LogP contribution < -0.4 is 0 Å². The predicted octanol–water partition coefficient (Wildman–Crippen LogP) is 2.70. The van der Waals surface area contributed by atoms with E-state index in [-0.39, 0.29) is 11.9 Å². The SMILES string of the molecule is O=C(O)C1CC2CCCCC2N1C(=O)c1ccnc(Br)c1. The standard InChI is InChI=1S/C15H17BrN2O3/c16-13-8-10(5-6-17-13)14(19)18-11-4-2-1-3-9(11)7-12(18)15(20)21/h5-6,8-9,11-12H,1-4,7H2,(H,20,21). The highest BCUT2D eigenvalue weighted by Crippen LogP contribution is 2.40. The minimum absolute atomic E-state index is 0.0688. The van der Waals surface area contributed by atoms with E-state index in [4.69, 9.17) is 0 Å². The predicted molar refractivity (Wildman–Crippen MR) is 79.9 cm³/mol. The Kier molecular flexibility index (Phi) is 3.97. The van der Waals surface area contributed by atoms with Gasteiger partial charge in [0.05, 0.1) is 0 Å². The van der Waals surface area contributed by atoms with Gasteiger partial charge in [0.15, 0.2) is 0 Å². The molecule has 3 rings (SSSR count). The van der Waals surface area contributed by atoms with Crippen LogP contribution in [-0.4, -0.2) is 39.0 Å². The van der Waals surface area contributed by atoms with Crippen LogP contribution in [0.1, 0.15) is 42.5 Å². The van der Waals surface area contributed by atoms with Gasteiger partial charge in [0.25, 0.3) is 5.91 Å². The topological polar surface area (TPSA) is 70.5 Å². The number of carbonyl (C=O) groups excluding carboxylic acids is 1. The molecule has 2 fully saturated rings. The van der Waals surface area contributed by atoms with Gasteiger partial charge >= 0.3 is 5.97 Å². The zero-order valence-corrected chi connectivity index (χ0v) is 13.1. The van der Waals surface area contributed by atoms with Crippen molar-refractivity contribution < 1.29 is 14.7 Å².